The van der Waals surface area contributed by atoms with Gasteiger partial charge < -0.3 is 23.9 Å². The minimum atomic E-state index is -0.754. The first-order chi connectivity index (χ1) is 17.3. The van der Waals surface area contributed by atoms with E-state index >= 15 is 0 Å². The average molecular weight is 481 g/mol. The second-order valence-corrected chi connectivity index (χ2v) is 8.79. The van der Waals surface area contributed by atoms with Gasteiger partial charge in [-0.3, -0.25) is 14.4 Å². The Labute approximate surface area is 203 Å². The summed E-state index contributed by atoms with van der Waals surface area (Å²) < 4.78 is 12.8. The van der Waals surface area contributed by atoms with Crippen molar-refractivity contribution in [2.24, 2.45) is 7.05 Å². The molecule has 0 radical (unpaired) electrons. The number of phenolic OH excluding ortho intramolecular Hbond substituents is 2. The fourth-order valence-corrected chi connectivity index (χ4v) is 4.93. The van der Waals surface area contributed by atoms with Gasteiger partial charge in [-0.25, -0.2) is 0 Å². The van der Waals surface area contributed by atoms with Crippen LogP contribution in [-0.2, 0) is 11.8 Å². The molecular weight excluding hydrogens is 462 g/mol. The molecule has 3 heterocycles. The Balaban J connectivity index is 1.64. The van der Waals surface area contributed by atoms with Gasteiger partial charge in [0.2, 0.25) is 5.43 Å². The number of pyridine rings is 1. The van der Waals surface area contributed by atoms with Gasteiger partial charge in [-0.15, -0.1) is 0 Å². The Morgan fingerprint density at radius 2 is 1.72 bits per heavy atom. The number of hydrogen-bond donors (Lipinski definition) is 2. The molecule has 0 aliphatic carbocycles. The molecule has 0 amide bonds. The largest absolute Gasteiger partial charge is 0.508 e. The highest BCUT2D eigenvalue weighted by Crippen LogP contribution is 2.45. The van der Waals surface area contributed by atoms with Gasteiger partial charge in [-0.1, -0.05) is 30.3 Å². The molecule has 0 spiro atoms. The van der Waals surface area contributed by atoms with E-state index in [1.165, 1.54) is 29.0 Å². The predicted molar refractivity (Wildman–Crippen MR) is 133 cm³/mol. The number of nitrogens with zero attached hydrogens (tertiary/aromatic N) is 1. The molecule has 0 fully saturated rings. The molecular formula is C28H19NO7. The molecule has 178 valence electrons. The summed E-state index contributed by atoms with van der Waals surface area (Å²) in [5, 5.41) is 21.1. The van der Waals surface area contributed by atoms with Crippen molar-refractivity contribution in [1.29, 1.82) is 0 Å². The number of aromatic hydroxyl groups is 2. The van der Waals surface area contributed by atoms with Crippen LogP contribution in [0.1, 0.15) is 23.5 Å². The number of aryl methyl sites for hydroxylation is 1. The number of rotatable bonds is 2. The Morgan fingerprint density at radius 1 is 0.972 bits per heavy atom. The lowest BCUT2D eigenvalue weighted by molar-refractivity contribution is -0.135. The van der Waals surface area contributed by atoms with Crippen LogP contribution in [0.15, 0.2) is 80.9 Å². The first-order valence-electron chi connectivity index (χ1n) is 11.2. The molecule has 2 N–H and O–H groups in total. The van der Waals surface area contributed by atoms with Crippen LogP contribution in [0.2, 0.25) is 0 Å². The number of carbonyl (C=O) groups is 1. The van der Waals surface area contributed by atoms with E-state index < -0.39 is 23.1 Å². The predicted octanol–water partition coefficient (Wildman–Crippen LogP) is 4.16. The Kier molecular flexibility index (Phi) is 4.72. The van der Waals surface area contributed by atoms with Crippen LogP contribution in [0.25, 0.3) is 33.0 Å². The molecule has 1 atom stereocenters. The maximum Gasteiger partial charge on any atom is 0.312 e. The number of aromatic nitrogens is 1. The zero-order valence-electron chi connectivity index (χ0n) is 19.0. The zero-order chi connectivity index (χ0) is 25.1. The molecule has 0 saturated heterocycles. The zero-order valence-corrected chi connectivity index (χ0v) is 19.0. The maximum absolute atomic E-state index is 13.5. The summed E-state index contributed by atoms with van der Waals surface area (Å²) in [6.45, 7) is 0. The van der Waals surface area contributed by atoms with E-state index in [1.807, 2.05) is 24.3 Å². The van der Waals surface area contributed by atoms with Crippen LogP contribution in [-0.4, -0.2) is 20.7 Å². The molecule has 1 aliphatic rings. The highest BCUT2D eigenvalue weighted by atomic mass is 16.5. The number of carbonyl (C=O) groups excluding carboxylic acids is 1. The van der Waals surface area contributed by atoms with Crippen LogP contribution < -0.4 is 15.7 Å². The van der Waals surface area contributed by atoms with Crippen molar-refractivity contribution in [2.45, 2.75) is 12.3 Å². The van der Waals surface area contributed by atoms with Crippen molar-refractivity contribution in [3.05, 3.63) is 98.6 Å². The van der Waals surface area contributed by atoms with E-state index in [-0.39, 0.29) is 40.0 Å². The SMILES string of the molecule is Cn1c(=O)c(C2CC(=O)Oc3cc(O)c4c(=O)c(-c5ccc(O)cc5)coc4c32)cc2ccccc21. The molecule has 8 nitrogen and oxygen atoms in total. The van der Waals surface area contributed by atoms with Crippen LogP contribution >= 0.6 is 0 Å². The lowest BCUT2D eigenvalue weighted by atomic mass is 9.85. The van der Waals surface area contributed by atoms with Gasteiger partial charge in [-0.05, 0) is 35.2 Å². The first-order valence-corrected chi connectivity index (χ1v) is 11.2. The Morgan fingerprint density at radius 3 is 2.50 bits per heavy atom. The fraction of sp³-hybridized carbons (Fsp3) is 0.107. The average Bonchev–Trinajstić information content (AvgIpc) is 2.86. The van der Waals surface area contributed by atoms with Gasteiger partial charge >= 0.3 is 5.97 Å². The van der Waals surface area contributed by atoms with Crippen molar-refractivity contribution >= 4 is 27.8 Å². The van der Waals surface area contributed by atoms with E-state index in [0.717, 1.165) is 10.9 Å². The van der Waals surface area contributed by atoms with Gasteiger partial charge in [0.25, 0.3) is 5.56 Å². The van der Waals surface area contributed by atoms with Crippen molar-refractivity contribution in [2.75, 3.05) is 0 Å². The summed E-state index contributed by atoms with van der Waals surface area (Å²) in [6, 6.07) is 16.4. The lowest BCUT2D eigenvalue weighted by Gasteiger charge is -2.26. The third-order valence-corrected chi connectivity index (χ3v) is 6.68. The van der Waals surface area contributed by atoms with E-state index in [2.05, 4.69) is 0 Å². The summed E-state index contributed by atoms with van der Waals surface area (Å²) >= 11 is 0. The quantitative estimate of drug-likeness (QED) is 0.287. The number of para-hydroxylation sites is 1. The Hall–Kier alpha value is -4.85. The van der Waals surface area contributed by atoms with Gasteiger partial charge in [0.05, 0.1) is 17.5 Å². The standard InChI is InChI=1S/C28H19NO7/c1-29-20-5-3-2-4-15(20)10-18(28(29)34)17-11-23(32)36-22-12-21(31)25-26(33)19(13-35-27(25)24(17)22)14-6-8-16(30)9-7-14/h2-10,12-13,17,30-31H,11H2,1H3. The monoisotopic (exact) mass is 481 g/mol. The molecule has 1 unspecified atom stereocenters. The summed E-state index contributed by atoms with van der Waals surface area (Å²) in [4.78, 5) is 39.4. The van der Waals surface area contributed by atoms with E-state index in [4.69, 9.17) is 9.15 Å². The van der Waals surface area contributed by atoms with Crippen molar-refractivity contribution in [3.63, 3.8) is 0 Å². The van der Waals surface area contributed by atoms with Gasteiger partial charge in [-0.2, -0.15) is 0 Å². The second-order valence-electron chi connectivity index (χ2n) is 8.79. The molecule has 36 heavy (non-hydrogen) atoms. The summed E-state index contributed by atoms with van der Waals surface area (Å²) in [7, 11) is 1.66. The van der Waals surface area contributed by atoms with Gasteiger partial charge in [0.15, 0.2) is 0 Å². The molecule has 3 aromatic carbocycles. The molecule has 0 bridgehead atoms. The normalized spacial score (nSPS) is 15.1. The highest BCUT2D eigenvalue weighted by Gasteiger charge is 2.35. The number of ether oxygens (including phenoxy) is 1. The van der Waals surface area contributed by atoms with Gasteiger partial charge in [0, 0.05) is 30.2 Å². The van der Waals surface area contributed by atoms with E-state index in [1.54, 1.807) is 25.2 Å². The van der Waals surface area contributed by atoms with Crippen LogP contribution in [0.4, 0.5) is 0 Å². The lowest BCUT2D eigenvalue weighted by Crippen LogP contribution is -2.29. The number of phenols is 2. The molecule has 6 rings (SSSR count). The van der Waals surface area contributed by atoms with E-state index in [9.17, 15) is 24.6 Å². The number of esters is 1. The van der Waals surface area contributed by atoms with Crippen LogP contribution in [0.5, 0.6) is 17.2 Å². The van der Waals surface area contributed by atoms with Crippen LogP contribution in [0.3, 0.4) is 0 Å². The molecule has 5 aromatic rings. The minimum absolute atomic E-state index is 0.0389. The molecule has 8 heteroatoms. The maximum atomic E-state index is 13.5. The van der Waals surface area contributed by atoms with E-state index in [0.29, 0.717) is 16.7 Å². The van der Waals surface area contributed by atoms with Crippen molar-refractivity contribution in [1.82, 2.24) is 4.57 Å². The minimum Gasteiger partial charge on any atom is -0.508 e. The topological polar surface area (TPSA) is 119 Å². The third-order valence-electron chi connectivity index (χ3n) is 6.68. The Bertz CT molecular complexity index is 1830. The van der Waals surface area contributed by atoms with Crippen molar-refractivity contribution < 1.29 is 24.2 Å². The summed E-state index contributed by atoms with van der Waals surface area (Å²) in [5.41, 5.74) is 1.38. The fourth-order valence-electron chi connectivity index (χ4n) is 4.93. The second kappa shape index (κ2) is 7.84. The molecule has 1 aliphatic heterocycles. The smallest absolute Gasteiger partial charge is 0.312 e. The molecule has 0 saturated carbocycles. The van der Waals surface area contributed by atoms with Gasteiger partial charge in [0.1, 0.15) is 34.5 Å². The molecule has 2 aromatic heterocycles. The van der Waals surface area contributed by atoms with Crippen molar-refractivity contribution in [3.8, 4) is 28.4 Å². The van der Waals surface area contributed by atoms with Crippen LogP contribution in [0, 0.1) is 0 Å². The highest BCUT2D eigenvalue weighted by molar-refractivity contribution is 5.94. The number of benzene rings is 3. The number of hydrogen-bond acceptors (Lipinski definition) is 7. The summed E-state index contributed by atoms with van der Waals surface area (Å²) in [5.74, 6) is -1.64. The first kappa shape index (κ1) is 21.7. The summed E-state index contributed by atoms with van der Waals surface area (Å²) in [6.07, 6.45) is 1.13. The third kappa shape index (κ3) is 3.19. The number of fused-ring (bicyclic) bond motifs is 4.